The second-order valence-corrected chi connectivity index (χ2v) is 6.16. The van der Waals surface area contributed by atoms with E-state index in [1.807, 2.05) is 0 Å². The molecule has 0 heterocycles. The predicted octanol–water partition coefficient (Wildman–Crippen LogP) is 0.704. The minimum atomic E-state index is -4.60. The summed E-state index contributed by atoms with van der Waals surface area (Å²) in [6.45, 7) is -1.61. The Bertz CT molecular complexity index is 430. The average Bonchev–Trinajstić information content (AvgIpc) is 2.35. The van der Waals surface area contributed by atoms with E-state index in [0.717, 1.165) is 0 Å². The lowest BCUT2D eigenvalue weighted by Gasteiger charge is -2.27. The molecule has 0 atom stereocenters. The van der Waals surface area contributed by atoms with Crippen molar-refractivity contribution in [2.24, 2.45) is 5.92 Å². The topological polar surface area (TPSA) is 84.5 Å². The Morgan fingerprint density at radius 3 is 2.25 bits per heavy atom. The normalized spacial score (nSPS) is 24.4. The van der Waals surface area contributed by atoms with Crippen molar-refractivity contribution in [3.05, 3.63) is 0 Å². The van der Waals surface area contributed by atoms with Gasteiger partial charge in [-0.1, -0.05) is 0 Å². The summed E-state index contributed by atoms with van der Waals surface area (Å²) < 4.78 is 66.8. The first-order valence-corrected chi connectivity index (χ1v) is 7.53. The van der Waals surface area contributed by atoms with Crippen LogP contribution in [0.25, 0.3) is 0 Å². The van der Waals surface area contributed by atoms with Crippen molar-refractivity contribution >= 4 is 16.2 Å². The van der Waals surface area contributed by atoms with Crippen LogP contribution in [0.1, 0.15) is 25.7 Å². The second-order valence-electron chi connectivity index (χ2n) is 4.63. The molecule has 0 spiro atoms. The van der Waals surface area contributed by atoms with Gasteiger partial charge in [0.1, 0.15) is 6.54 Å². The van der Waals surface area contributed by atoms with Gasteiger partial charge in [0, 0.05) is 6.04 Å². The zero-order valence-corrected chi connectivity index (χ0v) is 11.7. The van der Waals surface area contributed by atoms with Crippen molar-refractivity contribution in [2.75, 3.05) is 13.7 Å². The summed E-state index contributed by atoms with van der Waals surface area (Å²) >= 11 is 0. The number of methoxy groups -OCH3 is 1. The second kappa shape index (κ2) is 6.72. The molecule has 10 heteroatoms. The summed E-state index contributed by atoms with van der Waals surface area (Å²) in [7, 11) is -2.92. The van der Waals surface area contributed by atoms with Gasteiger partial charge in [-0.05, 0) is 25.7 Å². The van der Waals surface area contributed by atoms with Gasteiger partial charge in [0.05, 0.1) is 13.0 Å². The Hall–Kier alpha value is -0.870. The first-order chi connectivity index (χ1) is 9.13. The highest BCUT2D eigenvalue weighted by Gasteiger charge is 2.32. The van der Waals surface area contributed by atoms with E-state index in [0.29, 0.717) is 25.7 Å². The molecular formula is C10H17F3N2O4S. The van der Waals surface area contributed by atoms with Crippen LogP contribution < -0.4 is 9.44 Å². The van der Waals surface area contributed by atoms with Crippen molar-refractivity contribution in [1.29, 1.82) is 0 Å². The van der Waals surface area contributed by atoms with Gasteiger partial charge in [-0.25, -0.2) is 0 Å². The molecule has 0 aliphatic heterocycles. The predicted molar refractivity (Wildman–Crippen MR) is 63.9 cm³/mol. The third-order valence-corrected chi connectivity index (χ3v) is 4.21. The van der Waals surface area contributed by atoms with Crippen LogP contribution in [0.3, 0.4) is 0 Å². The molecular weight excluding hydrogens is 301 g/mol. The lowest BCUT2D eigenvalue weighted by molar-refractivity contribution is -0.146. The van der Waals surface area contributed by atoms with Crippen LogP contribution in [0, 0.1) is 5.92 Å². The van der Waals surface area contributed by atoms with Crippen molar-refractivity contribution < 1.29 is 31.1 Å². The Labute approximate surface area is 115 Å². The van der Waals surface area contributed by atoms with Crippen molar-refractivity contribution in [3.63, 3.8) is 0 Å². The Morgan fingerprint density at radius 2 is 1.80 bits per heavy atom. The summed E-state index contributed by atoms with van der Waals surface area (Å²) in [4.78, 5) is 11.3. The van der Waals surface area contributed by atoms with E-state index >= 15 is 0 Å². The molecule has 0 unspecified atom stereocenters. The number of carbonyl (C=O) groups is 1. The van der Waals surface area contributed by atoms with Crippen LogP contribution in [0.4, 0.5) is 13.2 Å². The van der Waals surface area contributed by atoms with Gasteiger partial charge < -0.3 is 4.74 Å². The molecule has 118 valence electrons. The van der Waals surface area contributed by atoms with E-state index in [9.17, 15) is 26.4 Å². The van der Waals surface area contributed by atoms with Crippen LogP contribution in [-0.2, 0) is 19.7 Å². The summed E-state index contributed by atoms with van der Waals surface area (Å²) in [5, 5.41) is 0. The Morgan fingerprint density at radius 1 is 1.25 bits per heavy atom. The number of rotatable bonds is 5. The van der Waals surface area contributed by atoms with E-state index in [1.54, 1.807) is 0 Å². The van der Waals surface area contributed by atoms with Crippen LogP contribution >= 0.6 is 0 Å². The summed E-state index contributed by atoms with van der Waals surface area (Å²) in [5.74, 6) is -0.620. The van der Waals surface area contributed by atoms with Gasteiger partial charge in [0.2, 0.25) is 0 Å². The molecule has 1 saturated carbocycles. The lowest BCUT2D eigenvalue weighted by atomic mass is 9.86. The van der Waals surface area contributed by atoms with Crippen molar-refractivity contribution in [2.45, 2.75) is 37.9 Å². The molecule has 0 bridgehead atoms. The van der Waals surface area contributed by atoms with Gasteiger partial charge >= 0.3 is 12.1 Å². The highest BCUT2D eigenvalue weighted by Crippen LogP contribution is 2.25. The third kappa shape index (κ3) is 6.06. The number of hydrogen-bond acceptors (Lipinski definition) is 4. The summed E-state index contributed by atoms with van der Waals surface area (Å²) in [6, 6.07) is -0.471. The molecule has 1 fully saturated rings. The SMILES string of the molecule is COC(=O)C1CCC(NS(=O)(=O)NCC(F)(F)F)CC1. The largest absolute Gasteiger partial charge is 0.469 e. The molecule has 1 aliphatic carbocycles. The maximum Gasteiger partial charge on any atom is 0.402 e. The molecule has 0 aromatic rings. The van der Waals surface area contributed by atoms with Gasteiger partial charge in [0.25, 0.3) is 10.2 Å². The zero-order valence-electron chi connectivity index (χ0n) is 10.9. The highest BCUT2D eigenvalue weighted by molar-refractivity contribution is 7.87. The average molecular weight is 318 g/mol. The number of alkyl halides is 3. The Balaban J connectivity index is 2.41. The van der Waals surface area contributed by atoms with Gasteiger partial charge in [-0.15, -0.1) is 0 Å². The van der Waals surface area contributed by atoms with Crippen molar-refractivity contribution in [1.82, 2.24) is 9.44 Å². The fourth-order valence-electron chi connectivity index (χ4n) is 2.05. The first kappa shape index (κ1) is 17.2. The van der Waals surface area contributed by atoms with Crippen molar-refractivity contribution in [3.8, 4) is 0 Å². The van der Waals surface area contributed by atoms with Gasteiger partial charge in [-0.2, -0.15) is 31.0 Å². The smallest absolute Gasteiger partial charge is 0.402 e. The summed E-state index contributed by atoms with van der Waals surface area (Å²) in [5.41, 5.74) is 0. The number of carbonyl (C=O) groups excluding carboxylic acids is 1. The first-order valence-electron chi connectivity index (χ1n) is 6.04. The van der Waals surface area contributed by atoms with E-state index in [4.69, 9.17) is 0 Å². The van der Waals surface area contributed by atoms with Crippen LogP contribution in [-0.4, -0.2) is 40.3 Å². The fraction of sp³-hybridized carbons (Fsp3) is 0.900. The standard InChI is InChI=1S/C10H17F3N2O4S/c1-19-9(16)7-2-4-8(5-3-7)15-20(17,18)14-6-10(11,12)13/h7-8,14-15H,2-6H2,1H3. The molecule has 0 radical (unpaired) electrons. The maximum absolute atomic E-state index is 11.9. The number of nitrogens with one attached hydrogen (secondary N) is 2. The molecule has 1 aliphatic rings. The van der Waals surface area contributed by atoms with E-state index in [2.05, 4.69) is 9.46 Å². The van der Waals surface area contributed by atoms with Crippen LogP contribution in [0.2, 0.25) is 0 Å². The third-order valence-electron chi connectivity index (χ3n) is 3.05. The fourth-order valence-corrected chi connectivity index (χ4v) is 3.16. The minimum Gasteiger partial charge on any atom is -0.469 e. The molecule has 0 amide bonds. The molecule has 0 aromatic heterocycles. The molecule has 20 heavy (non-hydrogen) atoms. The molecule has 0 aromatic carbocycles. The van der Waals surface area contributed by atoms with E-state index in [-0.39, 0.29) is 11.9 Å². The van der Waals surface area contributed by atoms with Crippen LogP contribution in [0.5, 0.6) is 0 Å². The van der Waals surface area contributed by atoms with Crippen LogP contribution in [0.15, 0.2) is 0 Å². The maximum atomic E-state index is 11.9. The quantitative estimate of drug-likeness (QED) is 0.731. The summed E-state index contributed by atoms with van der Waals surface area (Å²) in [6.07, 6.45) is -2.95. The molecule has 6 nitrogen and oxygen atoms in total. The highest BCUT2D eigenvalue weighted by atomic mass is 32.2. The number of esters is 1. The minimum absolute atomic E-state index is 0.274. The van der Waals surface area contributed by atoms with E-state index < -0.39 is 29.0 Å². The van der Waals surface area contributed by atoms with E-state index in [1.165, 1.54) is 11.8 Å². The van der Waals surface area contributed by atoms with Gasteiger partial charge in [-0.3, -0.25) is 4.79 Å². The number of ether oxygens (including phenoxy) is 1. The Kier molecular flexibility index (Phi) is 5.78. The number of halogens is 3. The monoisotopic (exact) mass is 318 g/mol. The molecule has 0 saturated heterocycles. The molecule has 2 N–H and O–H groups in total. The lowest BCUT2D eigenvalue weighted by Crippen LogP contribution is -2.47. The van der Waals surface area contributed by atoms with Gasteiger partial charge in [0.15, 0.2) is 0 Å². The zero-order chi connectivity index (χ0) is 15.4. The molecule has 1 rings (SSSR count). The number of hydrogen-bond donors (Lipinski definition) is 2.